The molecule has 0 atom stereocenters. The summed E-state index contributed by atoms with van der Waals surface area (Å²) in [6.07, 6.45) is 0. The lowest BCUT2D eigenvalue weighted by atomic mass is 10.2. The van der Waals surface area contributed by atoms with Crippen molar-refractivity contribution in [2.45, 2.75) is 5.51 Å². The first-order valence-electron chi connectivity index (χ1n) is 5.76. The Kier molecular flexibility index (Phi) is 4.40. The van der Waals surface area contributed by atoms with E-state index in [1.807, 2.05) is 0 Å². The van der Waals surface area contributed by atoms with Crippen LogP contribution in [0.15, 0.2) is 24.3 Å². The van der Waals surface area contributed by atoms with E-state index in [-0.39, 0.29) is 10.9 Å². The molecule has 23 heavy (non-hydrogen) atoms. The number of hydrogen-bond donors (Lipinski definition) is 0. The van der Waals surface area contributed by atoms with Crippen molar-refractivity contribution in [3.63, 3.8) is 0 Å². The number of halogens is 4. The second kappa shape index (κ2) is 5.85. The van der Waals surface area contributed by atoms with Gasteiger partial charge in [0.2, 0.25) is 0 Å². The van der Waals surface area contributed by atoms with Gasteiger partial charge in [-0.2, -0.15) is 21.6 Å². The zero-order chi connectivity index (χ0) is 17.4. The van der Waals surface area contributed by atoms with E-state index in [4.69, 9.17) is 11.6 Å². The first-order valence-corrected chi connectivity index (χ1v) is 7.54. The highest BCUT2D eigenvalue weighted by molar-refractivity contribution is 7.88. The van der Waals surface area contributed by atoms with Gasteiger partial charge in [0.05, 0.1) is 12.6 Å². The number of ether oxygens (including phenoxy) is 1. The van der Waals surface area contributed by atoms with E-state index in [1.165, 1.54) is 24.3 Å². The van der Waals surface area contributed by atoms with Crippen LogP contribution in [0, 0.1) is 0 Å². The van der Waals surface area contributed by atoms with Gasteiger partial charge in [0.1, 0.15) is 5.02 Å². The van der Waals surface area contributed by atoms with Crippen molar-refractivity contribution in [2.75, 3.05) is 7.11 Å². The fourth-order valence-corrected chi connectivity index (χ4v) is 2.42. The predicted molar refractivity (Wildman–Crippen MR) is 73.7 cm³/mol. The van der Waals surface area contributed by atoms with Crippen molar-refractivity contribution in [3.8, 4) is 5.75 Å². The molecule has 0 aliphatic carbocycles. The van der Waals surface area contributed by atoms with Crippen molar-refractivity contribution in [1.82, 2.24) is 4.98 Å². The van der Waals surface area contributed by atoms with Crippen LogP contribution in [-0.2, 0) is 14.9 Å². The fraction of sp³-hybridized carbons (Fsp3) is 0.167. The molecule has 0 radical (unpaired) electrons. The van der Waals surface area contributed by atoms with E-state index in [9.17, 15) is 26.4 Å². The molecule has 0 saturated heterocycles. The van der Waals surface area contributed by atoms with E-state index < -0.39 is 38.1 Å². The molecule has 2 rings (SSSR count). The van der Waals surface area contributed by atoms with Crippen LogP contribution in [0.5, 0.6) is 5.75 Å². The number of aromatic nitrogens is 1. The molecule has 1 aromatic carbocycles. The normalized spacial score (nSPS) is 12.2. The summed E-state index contributed by atoms with van der Waals surface area (Å²) < 4.78 is 68.5. The molecule has 0 aliphatic rings. The van der Waals surface area contributed by atoms with Crippen molar-refractivity contribution < 1.29 is 35.3 Å². The second-order valence-corrected chi connectivity index (χ2v) is 6.01. The molecule has 124 valence electrons. The van der Waals surface area contributed by atoms with Gasteiger partial charge in [-0.1, -0.05) is 23.7 Å². The number of carbonyl (C=O) groups excluding carboxylic acids is 1. The number of para-hydroxylation sites is 1. The van der Waals surface area contributed by atoms with Crippen LogP contribution >= 0.6 is 11.6 Å². The lowest BCUT2D eigenvalue weighted by Gasteiger charge is -2.14. The minimum Gasteiger partial charge on any atom is -0.464 e. The van der Waals surface area contributed by atoms with Crippen LogP contribution < -0.4 is 4.18 Å². The first-order chi connectivity index (χ1) is 10.6. The summed E-state index contributed by atoms with van der Waals surface area (Å²) in [5, 5.41) is -0.818. The number of alkyl halides is 3. The third-order valence-electron chi connectivity index (χ3n) is 2.64. The highest BCUT2D eigenvalue weighted by Gasteiger charge is 2.49. The summed E-state index contributed by atoms with van der Waals surface area (Å²) in [6.45, 7) is 0. The summed E-state index contributed by atoms with van der Waals surface area (Å²) in [7, 11) is -4.98. The van der Waals surface area contributed by atoms with Crippen LogP contribution in [0.3, 0.4) is 0 Å². The standard InChI is InChI=1S/C12H7ClF3NO5S/c1-21-11(18)9-8(13)10(22-23(19,20)12(14,15)16)6-4-2-3-5-7(6)17-9/h2-5H,1H3. The first kappa shape index (κ1) is 17.3. The highest BCUT2D eigenvalue weighted by atomic mass is 35.5. The third-order valence-corrected chi connectivity index (χ3v) is 3.95. The maximum Gasteiger partial charge on any atom is 0.534 e. The van der Waals surface area contributed by atoms with E-state index >= 15 is 0 Å². The topological polar surface area (TPSA) is 82.6 Å². The average Bonchev–Trinajstić information content (AvgIpc) is 2.47. The number of hydrogen-bond acceptors (Lipinski definition) is 6. The van der Waals surface area contributed by atoms with Crippen LogP contribution in [0.2, 0.25) is 5.02 Å². The molecule has 11 heteroatoms. The van der Waals surface area contributed by atoms with Crippen LogP contribution in [0.1, 0.15) is 10.5 Å². The molecule has 0 N–H and O–H groups in total. The minimum atomic E-state index is -5.98. The van der Waals surface area contributed by atoms with E-state index in [2.05, 4.69) is 13.9 Å². The number of nitrogens with zero attached hydrogens (tertiary/aromatic N) is 1. The Bertz CT molecular complexity index is 882. The Morgan fingerprint density at radius 3 is 2.43 bits per heavy atom. The zero-order valence-corrected chi connectivity index (χ0v) is 12.8. The van der Waals surface area contributed by atoms with Gasteiger partial charge in [-0.25, -0.2) is 9.78 Å². The van der Waals surface area contributed by atoms with Crippen molar-refractivity contribution in [3.05, 3.63) is 35.0 Å². The molecular weight excluding hydrogens is 363 g/mol. The van der Waals surface area contributed by atoms with Gasteiger partial charge in [-0.3, -0.25) is 0 Å². The monoisotopic (exact) mass is 369 g/mol. The second-order valence-electron chi connectivity index (χ2n) is 4.10. The van der Waals surface area contributed by atoms with Gasteiger partial charge in [-0.15, -0.1) is 0 Å². The number of fused-ring (bicyclic) bond motifs is 1. The Labute approximate surface area is 132 Å². The summed E-state index contributed by atoms with van der Waals surface area (Å²) >= 11 is 5.80. The largest absolute Gasteiger partial charge is 0.534 e. The van der Waals surface area contributed by atoms with Crippen LogP contribution in [0.25, 0.3) is 10.9 Å². The third kappa shape index (κ3) is 3.17. The van der Waals surface area contributed by atoms with Gasteiger partial charge in [0.25, 0.3) is 0 Å². The maximum atomic E-state index is 12.5. The SMILES string of the molecule is COC(=O)c1nc2ccccc2c(OS(=O)(=O)C(F)(F)F)c1Cl. The average molecular weight is 370 g/mol. The molecule has 6 nitrogen and oxygen atoms in total. The molecular formula is C12H7ClF3NO5S. The Morgan fingerprint density at radius 2 is 1.87 bits per heavy atom. The Balaban J connectivity index is 2.76. The Hall–Kier alpha value is -2.07. The van der Waals surface area contributed by atoms with Crippen molar-refractivity contribution in [2.24, 2.45) is 0 Å². The number of benzene rings is 1. The summed E-state index contributed by atoms with van der Waals surface area (Å²) in [5.41, 5.74) is -6.23. The van der Waals surface area contributed by atoms with Gasteiger partial charge >= 0.3 is 21.6 Å². The fourth-order valence-electron chi connectivity index (χ4n) is 1.63. The molecule has 1 heterocycles. The number of carbonyl (C=O) groups is 1. The zero-order valence-electron chi connectivity index (χ0n) is 11.2. The highest BCUT2D eigenvalue weighted by Crippen LogP contribution is 2.38. The number of pyridine rings is 1. The van der Waals surface area contributed by atoms with Crippen LogP contribution in [-0.4, -0.2) is 32.0 Å². The van der Waals surface area contributed by atoms with Gasteiger partial charge < -0.3 is 8.92 Å². The Morgan fingerprint density at radius 1 is 1.26 bits per heavy atom. The quantitative estimate of drug-likeness (QED) is 0.470. The molecule has 0 bridgehead atoms. The van der Waals surface area contributed by atoms with E-state index in [1.54, 1.807) is 0 Å². The molecule has 0 aliphatic heterocycles. The van der Waals surface area contributed by atoms with Gasteiger partial charge in [0, 0.05) is 5.39 Å². The number of rotatable bonds is 3. The molecule has 1 aromatic heterocycles. The number of methoxy groups -OCH3 is 1. The van der Waals surface area contributed by atoms with Gasteiger partial charge in [-0.05, 0) is 12.1 Å². The summed E-state index contributed by atoms with van der Waals surface area (Å²) in [5.74, 6) is -1.91. The lowest BCUT2D eigenvalue weighted by Crippen LogP contribution is -2.28. The maximum absolute atomic E-state index is 12.5. The molecule has 0 fully saturated rings. The lowest BCUT2D eigenvalue weighted by molar-refractivity contribution is -0.0499. The van der Waals surface area contributed by atoms with E-state index in [0.717, 1.165) is 7.11 Å². The minimum absolute atomic E-state index is 0.00433. The molecule has 0 spiro atoms. The smallest absolute Gasteiger partial charge is 0.464 e. The van der Waals surface area contributed by atoms with Crippen molar-refractivity contribution >= 4 is 38.6 Å². The number of esters is 1. The van der Waals surface area contributed by atoms with Crippen LogP contribution in [0.4, 0.5) is 13.2 Å². The van der Waals surface area contributed by atoms with Gasteiger partial charge in [0.15, 0.2) is 11.4 Å². The predicted octanol–water partition coefficient (Wildman–Crippen LogP) is 2.90. The summed E-state index contributed by atoms with van der Waals surface area (Å²) in [6, 6.07) is 5.47. The molecule has 2 aromatic rings. The van der Waals surface area contributed by atoms with E-state index in [0.29, 0.717) is 0 Å². The summed E-state index contributed by atoms with van der Waals surface area (Å²) in [4.78, 5) is 15.4. The van der Waals surface area contributed by atoms with Crippen molar-refractivity contribution in [1.29, 1.82) is 0 Å². The molecule has 0 amide bonds. The molecule has 0 unspecified atom stereocenters. The molecule has 0 saturated carbocycles.